The third kappa shape index (κ3) is 4.25. The molecule has 1 heterocycles. The Bertz CT molecular complexity index is 491. The summed E-state index contributed by atoms with van der Waals surface area (Å²) in [6, 6.07) is 10.3. The first-order chi connectivity index (χ1) is 11.2. The van der Waals surface area contributed by atoms with Crippen molar-refractivity contribution in [2.24, 2.45) is 5.92 Å². The molecule has 4 nitrogen and oxygen atoms in total. The summed E-state index contributed by atoms with van der Waals surface area (Å²) in [6.07, 6.45) is 7.33. The van der Waals surface area contributed by atoms with Crippen molar-refractivity contribution >= 4 is 6.03 Å². The van der Waals surface area contributed by atoms with Gasteiger partial charge in [-0.15, -0.1) is 0 Å². The second kappa shape index (κ2) is 7.82. The van der Waals surface area contributed by atoms with Crippen molar-refractivity contribution in [2.75, 3.05) is 13.1 Å². The summed E-state index contributed by atoms with van der Waals surface area (Å²) in [4.78, 5) is 14.3. The van der Waals surface area contributed by atoms with Crippen LogP contribution in [0.2, 0.25) is 0 Å². The smallest absolute Gasteiger partial charge is 0.317 e. The predicted molar refractivity (Wildman–Crippen MR) is 91.1 cm³/mol. The van der Waals surface area contributed by atoms with E-state index in [1.165, 1.54) is 19.3 Å². The van der Waals surface area contributed by atoms with E-state index in [2.05, 4.69) is 5.32 Å². The fourth-order valence-electron chi connectivity index (χ4n) is 3.85. The molecule has 4 heteroatoms. The third-order valence-electron chi connectivity index (χ3n) is 5.35. The first-order valence-electron chi connectivity index (χ1n) is 9.02. The Balaban J connectivity index is 1.47. The van der Waals surface area contributed by atoms with Gasteiger partial charge in [-0.05, 0) is 37.2 Å². The van der Waals surface area contributed by atoms with Crippen molar-refractivity contribution in [3.8, 4) is 0 Å². The number of carbonyl (C=O) groups is 1. The molecule has 2 N–H and O–H groups in total. The van der Waals surface area contributed by atoms with Crippen LogP contribution in [0.1, 0.15) is 56.6 Å². The Hall–Kier alpha value is -1.55. The third-order valence-corrected chi connectivity index (χ3v) is 5.35. The second-order valence-electron chi connectivity index (χ2n) is 6.96. The highest BCUT2D eigenvalue weighted by Crippen LogP contribution is 2.30. The van der Waals surface area contributed by atoms with Gasteiger partial charge in [-0.25, -0.2) is 4.79 Å². The number of aliphatic hydroxyl groups is 1. The monoisotopic (exact) mass is 316 g/mol. The lowest BCUT2D eigenvalue weighted by molar-refractivity contribution is 0.0659. The van der Waals surface area contributed by atoms with E-state index in [-0.39, 0.29) is 11.9 Å². The van der Waals surface area contributed by atoms with Crippen LogP contribution in [0.4, 0.5) is 4.79 Å². The lowest BCUT2D eigenvalue weighted by Crippen LogP contribution is -2.48. The van der Waals surface area contributed by atoms with Gasteiger partial charge in [0.2, 0.25) is 0 Å². The van der Waals surface area contributed by atoms with Gasteiger partial charge in [0.1, 0.15) is 0 Å². The van der Waals surface area contributed by atoms with E-state index in [0.717, 1.165) is 44.3 Å². The number of hydrogen-bond donors (Lipinski definition) is 2. The van der Waals surface area contributed by atoms with Crippen molar-refractivity contribution in [1.82, 2.24) is 10.2 Å². The fraction of sp³-hybridized carbons (Fsp3) is 0.632. The number of carbonyl (C=O) groups excluding carboxylic acids is 1. The molecule has 2 aliphatic rings. The molecule has 1 aliphatic carbocycles. The molecule has 2 fully saturated rings. The van der Waals surface area contributed by atoms with Crippen molar-refractivity contribution in [1.29, 1.82) is 0 Å². The van der Waals surface area contributed by atoms with Crippen molar-refractivity contribution in [3.05, 3.63) is 35.9 Å². The highest BCUT2D eigenvalue weighted by Gasteiger charge is 2.29. The van der Waals surface area contributed by atoms with Crippen LogP contribution in [0.5, 0.6) is 0 Å². The number of piperidine rings is 1. The van der Waals surface area contributed by atoms with Crippen LogP contribution in [0.15, 0.2) is 30.3 Å². The minimum Gasteiger partial charge on any atom is -0.388 e. The summed E-state index contributed by atoms with van der Waals surface area (Å²) >= 11 is 0. The van der Waals surface area contributed by atoms with Crippen LogP contribution in [-0.2, 0) is 0 Å². The molecule has 1 aliphatic heterocycles. The van der Waals surface area contributed by atoms with E-state index in [0.29, 0.717) is 6.04 Å². The number of likely N-dealkylation sites (tertiary alicyclic amines) is 1. The SMILES string of the molecule is O=C(NC1CCCCC1)N1CCC(C(O)c2ccccc2)CC1. The molecular formula is C19H28N2O2. The van der Waals surface area contributed by atoms with Gasteiger partial charge in [0.15, 0.2) is 0 Å². The minimum absolute atomic E-state index is 0.0875. The lowest BCUT2D eigenvalue weighted by atomic mass is 9.87. The number of hydrogen-bond acceptors (Lipinski definition) is 2. The average Bonchev–Trinajstić information content (AvgIpc) is 2.63. The zero-order valence-corrected chi connectivity index (χ0v) is 13.8. The number of aliphatic hydroxyl groups excluding tert-OH is 1. The van der Waals surface area contributed by atoms with Crippen molar-refractivity contribution < 1.29 is 9.90 Å². The summed E-state index contributed by atoms with van der Waals surface area (Å²) in [6.45, 7) is 1.49. The van der Waals surface area contributed by atoms with E-state index in [1.54, 1.807) is 0 Å². The molecule has 0 aromatic heterocycles. The van der Waals surface area contributed by atoms with Gasteiger partial charge in [-0.1, -0.05) is 49.6 Å². The molecule has 0 spiro atoms. The van der Waals surface area contributed by atoms with Crippen LogP contribution in [0.3, 0.4) is 0 Å². The molecule has 1 aromatic carbocycles. The summed E-state index contributed by atoms with van der Waals surface area (Å²) in [5.74, 6) is 0.246. The van der Waals surface area contributed by atoms with E-state index in [1.807, 2.05) is 35.2 Å². The maximum atomic E-state index is 12.4. The van der Waals surface area contributed by atoms with Gasteiger partial charge in [-0.2, -0.15) is 0 Å². The number of benzene rings is 1. The summed E-state index contributed by atoms with van der Waals surface area (Å²) in [5.41, 5.74) is 0.984. The van der Waals surface area contributed by atoms with E-state index < -0.39 is 6.10 Å². The predicted octanol–water partition coefficient (Wildman–Crippen LogP) is 3.47. The Labute approximate surface area is 138 Å². The average molecular weight is 316 g/mol. The van der Waals surface area contributed by atoms with Gasteiger partial charge in [0, 0.05) is 19.1 Å². The Morgan fingerprint density at radius 1 is 1.04 bits per heavy atom. The van der Waals surface area contributed by atoms with Crippen LogP contribution in [0.25, 0.3) is 0 Å². The summed E-state index contributed by atoms with van der Waals surface area (Å²) in [7, 11) is 0. The molecule has 2 amide bonds. The van der Waals surface area contributed by atoms with Gasteiger partial charge >= 0.3 is 6.03 Å². The number of amides is 2. The maximum Gasteiger partial charge on any atom is 0.317 e. The molecule has 23 heavy (non-hydrogen) atoms. The normalized spacial score (nSPS) is 21.9. The molecule has 0 radical (unpaired) electrons. The molecule has 1 unspecified atom stereocenters. The number of urea groups is 1. The molecular weight excluding hydrogens is 288 g/mol. The molecule has 0 bridgehead atoms. The molecule has 1 aromatic rings. The highest BCUT2D eigenvalue weighted by molar-refractivity contribution is 5.74. The number of rotatable bonds is 3. The quantitative estimate of drug-likeness (QED) is 0.897. The fourth-order valence-corrected chi connectivity index (χ4v) is 3.85. The summed E-state index contributed by atoms with van der Waals surface area (Å²) in [5, 5.41) is 13.7. The minimum atomic E-state index is -0.417. The molecule has 1 saturated carbocycles. The maximum absolute atomic E-state index is 12.4. The van der Waals surface area contributed by atoms with Crippen LogP contribution < -0.4 is 5.32 Å². The molecule has 1 atom stereocenters. The molecule has 3 rings (SSSR count). The van der Waals surface area contributed by atoms with E-state index in [9.17, 15) is 9.90 Å². The molecule has 1 saturated heterocycles. The van der Waals surface area contributed by atoms with Gasteiger partial charge in [-0.3, -0.25) is 0 Å². The zero-order valence-electron chi connectivity index (χ0n) is 13.8. The Morgan fingerprint density at radius 2 is 1.70 bits per heavy atom. The number of nitrogens with zero attached hydrogens (tertiary/aromatic N) is 1. The zero-order chi connectivity index (χ0) is 16.1. The number of nitrogens with one attached hydrogen (secondary N) is 1. The van der Waals surface area contributed by atoms with Crippen molar-refractivity contribution in [3.63, 3.8) is 0 Å². The first kappa shape index (κ1) is 16.3. The van der Waals surface area contributed by atoms with Crippen molar-refractivity contribution in [2.45, 2.75) is 57.1 Å². The van der Waals surface area contributed by atoms with Crippen LogP contribution >= 0.6 is 0 Å². The standard InChI is InChI=1S/C19H28N2O2/c22-18(15-7-3-1-4-8-15)16-11-13-21(14-12-16)19(23)20-17-9-5-2-6-10-17/h1,3-4,7-8,16-18,22H,2,5-6,9-14H2,(H,20,23). The first-order valence-corrected chi connectivity index (χ1v) is 9.02. The topological polar surface area (TPSA) is 52.6 Å². The summed E-state index contributed by atoms with van der Waals surface area (Å²) < 4.78 is 0. The van der Waals surface area contributed by atoms with Gasteiger partial charge in [0.05, 0.1) is 6.10 Å². The van der Waals surface area contributed by atoms with Crippen LogP contribution in [-0.4, -0.2) is 35.2 Å². The lowest BCUT2D eigenvalue weighted by Gasteiger charge is -2.35. The molecule has 126 valence electrons. The van der Waals surface area contributed by atoms with Gasteiger partial charge < -0.3 is 15.3 Å². The Kier molecular flexibility index (Phi) is 5.55. The Morgan fingerprint density at radius 3 is 2.35 bits per heavy atom. The van der Waals surface area contributed by atoms with E-state index in [4.69, 9.17) is 0 Å². The van der Waals surface area contributed by atoms with Crippen LogP contribution in [0, 0.1) is 5.92 Å². The van der Waals surface area contributed by atoms with E-state index >= 15 is 0 Å². The second-order valence-corrected chi connectivity index (χ2v) is 6.96. The highest BCUT2D eigenvalue weighted by atomic mass is 16.3. The largest absolute Gasteiger partial charge is 0.388 e. The van der Waals surface area contributed by atoms with Gasteiger partial charge in [0.25, 0.3) is 0 Å².